The molecule has 2 aliphatic heterocycles. The second-order valence-electron chi connectivity index (χ2n) is 17.7. The van der Waals surface area contributed by atoms with Gasteiger partial charge in [0.2, 0.25) is 11.8 Å². The minimum atomic E-state index is -1.00. The molecule has 0 aromatic heterocycles. The molecule has 340 valence electrons. The maximum atomic E-state index is 12.4. The number of rotatable bonds is 24. The smallest absolute Gasteiger partial charge is 0.331 e. The first kappa shape index (κ1) is 49.4. The second kappa shape index (κ2) is 24.4. The zero-order valence-electron chi connectivity index (χ0n) is 36.5. The van der Waals surface area contributed by atoms with Crippen molar-refractivity contribution >= 4 is 35.7 Å². The molecular weight excluding hydrogens is 785 g/mol. The van der Waals surface area contributed by atoms with Crippen LogP contribution in [0.1, 0.15) is 149 Å². The van der Waals surface area contributed by atoms with E-state index in [9.17, 15) is 39.0 Å². The fourth-order valence-electron chi connectivity index (χ4n) is 8.35. The van der Waals surface area contributed by atoms with Crippen LogP contribution in [0.5, 0.6) is 0 Å². The lowest BCUT2D eigenvalue weighted by Gasteiger charge is -2.19. The third kappa shape index (κ3) is 17.5. The highest BCUT2D eigenvalue weighted by atomic mass is 16.6. The van der Waals surface area contributed by atoms with Crippen molar-refractivity contribution in [3.8, 4) is 0 Å². The summed E-state index contributed by atoms with van der Waals surface area (Å²) in [6.07, 6.45) is 17.9. The number of amides is 2. The average molecular weight is 855 g/mol. The predicted molar refractivity (Wildman–Crippen MR) is 228 cm³/mol. The first-order valence-corrected chi connectivity index (χ1v) is 22.5. The summed E-state index contributed by atoms with van der Waals surface area (Å²) in [4.78, 5) is 72.6. The van der Waals surface area contributed by atoms with E-state index >= 15 is 0 Å². The maximum Gasteiger partial charge on any atom is 0.331 e. The van der Waals surface area contributed by atoms with Crippen LogP contribution < -0.4 is 10.6 Å². The minimum absolute atomic E-state index is 0.00858. The number of fused-ring (bicyclic) bond motifs is 2. The summed E-state index contributed by atoms with van der Waals surface area (Å²) in [5.74, 6) is -3.68. The van der Waals surface area contributed by atoms with E-state index in [0.29, 0.717) is 51.6 Å². The molecule has 0 saturated carbocycles. The van der Waals surface area contributed by atoms with Crippen molar-refractivity contribution in [2.75, 3.05) is 26.3 Å². The van der Waals surface area contributed by atoms with Gasteiger partial charge >= 0.3 is 23.9 Å². The largest absolute Gasteiger partial charge is 0.478 e. The Bertz CT molecular complexity index is 1530. The standard InChI is InChI=1S/C47H70N2O12/c1-32(44(54)55)36-18-16-34(14-12-24-46(3)38(28-36)60-46)30-58-42(52)22-20-40(50)48-26-10-8-6-5-7-9-11-27-49-41(51)21-23-43(53)59-31-35-15-13-25-47(4)39(61-47)29-37(19-17-35)33(2)45(56)57/h14-15,36-39H,1-2,5-13,16-31H2,3-4H3,(H,48,50)(H,49,51)(H,54,55)(H,56,57)/b34-14+,35-15+/t36-,37-,38+,39+,46-,47-/m1/s1. The number of hydrogen-bond acceptors (Lipinski definition) is 10. The van der Waals surface area contributed by atoms with Crippen LogP contribution in [0.2, 0.25) is 0 Å². The first-order chi connectivity index (χ1) is 29.1. The number of carbonyl (C=O) groups is 6. The number of hydrogen-bond donors (Lipinski definition) is 4. The van der Waals surface area contributed by atoms with E-state index in [1.807, 2.05) is 13.8 Å². The van der Waals surface area contributed by atoms with Crippen LogP contribution in [-0.4, -0.2) is 95.6 Å². The van der Waals surface area contributed by atoms with Gasteiger partial charge in [-0.1, -0.05) is 57.4 Å². The van der Waals surface area contributed by atoms with Gasteiger partial charge in [-0.15, -0.1) is 0 Å². The first-order valence-electron chi connectivity index (χ1n) is 22.5. The summed E-state index contributed by atoms with van der Waals surface area (Å²) >= 11 is 0. The summed E-state index contributed by atoms with van der Waals surface area (Å²) < 4.78 is 22.7. The fraction of sp³-hybridized carbons (Fsp3) is 0.702. The van der Waals surface area contributed by atoms with Crippen molar-refractivity contribution in [3.63, 3.8) is 0 Å². The van der Waals surface area contributed by atoms with Crippen molar-refractivity contribution in [1.82, 2.24) is 10.6 Å². The zero-order valence-corrected chi connectivity index (χ0v) is 36.5. The van der Waals surface area contributed by atoms with Crippen molar-refractivity contribution < 1.29 is 57.9 Å². The predicted octanol–water partition coefficient (Wildman–Crippen LogP) is 7.21. The third-order valence-electron chi connectivity index (χ3n) is 12.8. The van der Waals surface area contributed by atoms with Gasteiger partial charge in [0.25, 0.3) is 0 Å². The van der Waals surface area contributed by atoms with Crippen molar-refractivity contribution in [1.29, 1.82) is 0 Å². The molecule has 14 nitrogen and oxygen atoms in total. The molecule has 2 aliphatic carbocycles. The molecule has 2 saturated heterocycles. The Morgan fingerprint density at radius 3 is 1.39 bits per heavy atom. The topological polar surface area (TPSA) is 210 Å². The quantitative estimate of drug-likeness (QED) is 0.0250. The van der Waals surface area contributed by atoms with Gasteiger partial charge < -0.3 is 39.8 Å². The van der Waals surface area contributed by atoms with E-state index in [2.05, 4.69) is 35.9 Å². The lowest BCUT2D eigenvalue weighted by atomic mass is 9.84. The van der Waals surface area contributed by atoms with E-state index < -0.39 is 23.9 Å². The van der Waals surface area contributed by atoms with Crippen molar-refractivity contribution in [2.24, 2.45) is 11.8 Å². The minimum Gasteiger partial charge on any atom is -0.478 e. The van der Waals surface area contributed by atoms with Crippen LogP contribution in [0.15, 0.2) is 47.6 Å². The Morgan fingerprint density at radius 2 is 1.02 bits per heavy atom. The SMILES string of the molecule is C=C(C(=O)O)[C@@H]1CC/C(COC(=O)CCC(=O)NCCCCCCCCCNC(=O)CCC(=O)OC/C2=C/CC[C@@]3(C)O[C@H]3C[C@H](C(=C)C(=O)O)CC2)=C\CC[C@@]2(C)O[C@H]2C1. The number of carboxylic acid groups (broad SMARTS) is 2. The lowest BCUT2D eigenvalue weighted by molar-refractivity contribution is -0.144. The molecule has 2 amide bonds. The van der Waals surface area contributed by atoms with Gasteiger partial charge in [0.05, 0.1) is 36.3 Å². The molecule has 0 bridgehead atoms. The molecule has 2 fully saturated rings. The molecule has 14 heteroatoms. The number of epoxide rings is 2. The van der Waals surface area contributed by atoms with Crippen molar-refractivity contribution in [3.05, 3.63) is 47.6 Å². The molecule has 0 radical (unpaired) electrons. The second-order valence-corrected chi connectivity index (χ2v) is 17.7. The van der Waals surface area contributed by atoms with Crippen molar-refractivity contribution in [2.45, 2.75) is 172 Å². The van der Waals surface area contributed by atoms with Crippen LogP contribution in [0.4, 0.5) is 0 Å². The molecule has 2 heterocycles. The highest BCUT2D eigenvalue weighted by Crippen LogP contribution is 2.47. The maximum absolute atomic E-state index is 12.4. The van der Waals surface area contributed by atoms with Crippen LogP contribution in [0.25, 0.3) is 0 Å². The number of carbonyl (C=O) groups excluding carboxylic acids is 4. The Hall–Kier alpha value is -4.30. The van der Waals surface area contributed by atoms with E-state index in [1.54, 1.807) is 0 Å². The number of ether oxygens (including phenoxy) is 4. The van der Waals surface area contributed by atoms with E-state index in [0.717, 1.165) is 81.8 Å². The summed E-state index contributed by atoms with van der Waals surface area (Å²) in [6.45, 7) is 13.0. The molecule has 4 aliphatic rings. The molecule has 0 unspecified atom stereocenters. The van der Waals surface area contributed by atoms with Gasteiger partial charge in [-0.05, 0) is 114 Å². The Labute approximate surface area is 361 Å². The molecule has 61 heavy (non-hydrogen) atoms. The number of carboxylic acids is 2. The summed E-state index contributed by atoms with van der Waals surface area (Å²) in [7, 11) is 0. The Morgan fingerprint density at radius 1 is 0.639 bits per heavy atom. The molecular formula is C47H70N2O12. The van der Waals surface area contributed by atoms with Crippen LogP contribution in [0, 0.1) is 11.8 Å². The normalized spacial score (nSPS) is 27.8. The van der Waals surface area contributed by atoms with E-state index in [1.165, 1.54) is 0 Å². The molecule has 6 atom stereocenters. The number of allylic oxidation sites excluding steroid dienone is 2. The third-order valence-corrected chi connectivity index (χ3v) is 12.8. The summed E-state index contributed by atoms with van der Waals surface area (Å²) in [6, 6.07) is 0. The van der Waals surface area contributed by atoms with Crippen LogP contribution >= 0.6 is 0 Å². The van der Waals surface area contributed by atoms with Gasteiger partial charge in [0, 0.05) is 37.1 Å². The number of nitrogens with one attached hydrogen (secondary N) is 2. The molecule has 4 N–H and O–H groups in total. The zero-order chi connectivity index (χ0) is 44.4. The highest BCUT2D eigenvalue weighted by molar-refractivity contribution is 5.87. The fourth-order valence-corrected chi connectivity index (χ4v) is 8.35. The average Bonchev–Trinajstić information content (AvgIpc) is 4.09. The van der Waals surface area contributed by atoms with E-state index in [4.69, 9.17) is 18.9 Å². The summed E-state index contributed by atoms with van der Waals surface area (Å²) in [5, 5.41) is 24.7. The molecule has 0 spiro atoms. The van der Waals surface area contributed by atoms with Gasteiger partial charge in [0.1, 0.15) is 13.2 Å². The monoisotopic (exact) mass is 854 g/mol. The molecule has 0 aromatic carbocycles. The Kier molecular flexibility index (Phi) is 19.7. The van der Waals surface area contributed by atoms with Gasteiger partial charge in [-0.25, -0.2) is 9.59 Å². The van der Waals surface area contributed by atoms with Crippen LogP contribution in [-0.2, 0) is 47.7 Å². The summed E-state index contributed by atoms with van der Waals surface area (Å²) in [5.41, 5.74) is 1.74. The van der Waals surface area contributed by atoms with Gasteiger partial charge in [0.15, 0.2) is 0 Å². The molecule has 0 aromatic rings. The number of aliphatic carboxylic acids is 2. The number of unbranched alkanes of at least 4 members (excludes halogenated alkanes) is 6. The lowest BCUT2D eigenvalue weighted by Crippen LogP contribution is -2.25. The van der Waals surface area contributed by atoms with Crippen LogP contribution in [0.3, 0.4) is 0 Å². The number of esters is 2. The molecule has 4 rings (SSSR count). The van der Waals surface area contributed by atoms with Gasteiger partial charge in [-0.2, -0.15) is 0 Å². The Balaban J connectivity index is 0.956. The van der Waals surface area contributed by atoms with E-state index in [-0.39, 0.29) is 97.1 Å². The highest BCUT2D eigenvalue weighted by Gasteiger charge is 2.53. The van der Waals surface area contributed by atoms with Gasteiger partial charge in [-0.3, -0.25) is 19.2 Å².